The lowest BCUT2D eigenvalue weighted by Gasteiger charge is -2.13. The number of halogens is 1. The van der Waals surface area contributed by atoms with Gasteiger partial charge in [0.25, 0.3) is 0 Å². The maximum Gasteiger partial charge on any atom is 0.161 e. The van der Waals surface area contributed by atoms with Gasteiger partial charge in [-0.05, 0) is 25.0 Å². The Hall–Kier alpha value is -2.00. The van der Waals surface area contributed by atoms with Gasteiger partial charge in [-0.1, -0.05) is 43.6 Å². The van der Waals surface area contributed by atoms with Crippen LogP contribution in [-0.4, -0.2) is 15.0 Å². The number of benzene rings is 1. The number of aromatic nitrogens is 3. The Morgan fingerprint density at radius 2 is 1.81 bits per heavy atom. The van der Waals surface area contributed by atoms with Crippen LogP contribution in [0.15, 0.2) is 36.5 Å². The summed E-state index contributed by atoms with van der Waals surface area (Å²) in [6.07, 6.45) is 1.78. The van der Waals surface area contributed by atoms with Gasteiger partial charge in [-0.2, -0.15) is 0 Å². The topological polar surface area (TPSA) is 38.7 Å². The van der Waals surface area contributed by atoms with Crippen molar-refractivity contribution in [2.75, 3.05) is 0 Å². The SMILES string of the molecule is Cc1nc(-c2ccnc3ccccc23)nc(Cl)c1C(C)C. The average Bonchev–Trinajstić information content (AvgIpc) is 2.45. The lowest BCUT2D eigenvalue weighted by Crippen LogP contribution is -2.02. The van der Waals surface area contributed by atoms with Crippen molar-refractivity contribution in [3.8, 4) is 11.4 Å². The molecule has 2 aromatic heterocycles. The molecule has 0 aliphatic heterocycles. The predicted molar refractivity (Wildman–Crippen MR) is 86.6 cm³/mol. The van der Waals surface area contributed by atoms with E-state index in [2.05, 4.69) is 28.8 Å². The fraction of sp³-hybridized carbons (Fsp3) is 0.235. The third kappa shape index (κ3) is 2.49. The molecule has 106 valence electrons. The fourth-order valence-corrected chi connectivity index (χ4v) is 3.05. The molecule has 0 saturated carbocycles. The summed E-state index contributed by atoms with van der Waals surface area (Å²) in [7, 11) is 0. The molecule has 1 aromatic carbocycles. The minimum absolute atomic E-state index is 0.306. The first-order valence-corrected chi connectivity index (χ1v) is 7.34. The highest BCUT2D eigenvalue weighted by atomic mass is 35.5. The second-order valence-corrected chi connectivity index (χ2v) is 5.73. The van der Waals surface area contributed by atoms with Gasteiger partial charge in [-0.15, -0.1) is 0 Å². The molecule has 3 nitrogen and oxygen atoms in total. The molecule has 0 bridgehead atoms. The van der Waals surface area contributed by atoms with Crippen molar-refractivity contribution >= 4 is 22.5 Å². The summed E-state index contributed by atoms with van der Waals surface area (Å²) in [6, 6.07) is 9.91. The Balaban J connectivity index is 2.24. The van der Waals surface area contributed by atoms with E-state index in [-0.39, 0.29) is 0 Å². The molecule has 3 rings (SSSR count). The van der Waals surface area contributed by atoms with Gasteiger partial charge in [0.2, 0.25) is 0 Å². The highest BCUT2D eigenvalue weighted by Crippen LogP contribution is 2.30. The first kappa shape index (κ1) is 14.0. The van der Waals surface area contributed by atoms with Gasteiger partial charge in [-0.25, -0.2) is 9.97 Å². The van der Waals surface area contributed by atoms with Crippen LogP contribution in [0.3, 0.4) is 0 Å². The van der Waals surface area contributed by atoms with E-state index in [1.54, 1.807) is 6.20 Å². The van der Waals surface area contributed by atoms with Crippen molar-refractivity contribution in [2.24, 2.45) is 0 Å². The van der Waals surface area contributed by atoms with E-state index in [1.807, 2.05) is 37.3 Å². The number of nitrogens with zero attached hydrogens (tertiary/aromatic N) is 3. The molecule has 0 amide bonds. The summed E-state index contributed by atoms with van der Waals surface area (Å²) < 4.78 is 0. The van der Waals surface area contributed by atoms with E-state index >= 15 is 0 Å². The van der Waals surface area contributed by atoms with Crippen molar-refractivity contribution in [3.63, 3.8) is 0 Å². The van der Waals surface area contributed by atoms with Crippen molar-refractivity contribution < 1.29 is 0 Å². The van der Waals surface area contributed by atoms with Crippen LogP contribution in [0.5, 0.6) is 0 Å². The monoisotopic (exact) mass is 297 g/mol. The largest absolute Gasteiger partial charge is 0.256 e. The van der Waals surface area contributed by atoms with E-state index in [9.17, 15) is 0 Å². The summed E-state index contributed by atoms with van der Waals surface area (Å²) in [6.45, 7) is 6.17. The van der Waals surface area contributed by atoms with Gasteiger partial charge in [0, 0.05) is 28.4 Å². The van der Waals surface area contributed by atoms with Gasteiger partial charge >= 0.3 is 0 Å². The molecule has 3 aromatic rings. The zero-order valence-corrected chi connectivity index (χ0v) is 13.0. The summed E-state index contributed by atoms with van der Waals surface area (Å²) >= 11 is 6.36. The molecule has 0 saturated heterocycles. The molecular formula is C17H16ClN3. The Bertz CT molecular complexity index is 784. The lowest BCUT2D eigenvalue weighted by atomic mass is 10.0. The van der Waals surface area contributed by atoms with Crippen LogP contribution < -0.4 is 0 Å². The van der Waals surface area contributed by atoms with Gasteiger partial charge < -0.3 is 0 Å². The van der Waals surface area contributed by atoms with Crippen molar-refractivity contribution in [2.45, 2.75) is 26.7 Å². The molecule has 0 atom stereocenters. The molecular weight excluding hydrogens is 282 g/mol. The normalized spacial score (nSPS) is 11.3. The van der Waals surface area contributed by atoms with Crippen molar-refractivity contribution in [3.05, 3.63) is 52.9 Å². The number of aryl methyl sites for hydroxylation is 1. The maximum absolute atomic E-state index is 6.36. The molecule has 0 aliphatic rings. The number of para-hydroxylation sites is 1. The zero-order valence-electron chi connectivity index (χ0n) is 12.3. The third-order valence-corrected chi connectivity index (χ3v) is 3.85. The first-order valence-electron chi connectivity index (χ1n) is 6.96. The molecule has 0 radical (unpaired) electrons. The van der Waals surface area contributed by atoms with Crippen LogP contribution in [0.25, 0.3) is 22.3 Å². The highest BCUT2D eigenvalue weighted by molar-refractivity contribution is 6.30. The van der Waals surface area contributed by atoms with E-state index in [1.165, 1.54) is 0 Å². The fourth-order valence-electron chi connectivity index (χ4n) is 2.61. The van der Waals surface area contributed by atoms with Crippen molar-refractivity contribution in [1.82, 2.24) is 15.0 Å². The average molecular weight is 298 g/mol. The lowest BCUT2D eigenvalue weighted by molar-refractivity contribution is 0.831. The number of fused-ring (bicyclic) bond motifs is 1. The van der Waals surface area contributed by atoms with Crippen molar-refractivity contribution in [1.29, 1.82) is 0 Å². The molecule has 0 fully saturated rings. The molecule has 2 heterocycles. The number of hydrogen-bond donors (Lipinski definition) is 0. The van der Waals surface area contributed by atoms with Gasteiger partial charge in [0.15, 0.2) is 5.82 Å². The van der Waals surface area contributed by atoms with Crippen LogP contribution in [0.1, 0.15) is 31.0 Å². The quantitative estimate of drug-likeness (QED) is 0.639. The summed E-state index contributed by atoms with van der Waals surface area (Å²) in [5, 5.41) is 1.57. The van der Waals surface area contributed by atoms with Crippen LogP contribution >= 0.6 is 11.6 Å². The van der Waals surface area contributed by atoms with E-state index in [0.717, 1.165) is 27.7 Å². The molecule has 0 spiro atoms. The third-order valence-electron chi connectivity index (χ3n) is 3.56. The molecule has 0 N–H and O–H groups in total. The minimum Gasteiger partial charge on any atom is -0.256 e. The summed E-state index contributed by atoms with van der Waals surface area (Å²) in [5.41, 5.74) is 3.83. The smallest absolute Gasteiger partial charge is 0.161 e. The molecule has 4 heteroatoms. The Morgan fingerprint density at radius 1 is 1.05 bits per heavy atom. The van der Waals surface area contributed by atoms with Crippen LogP contribution in [-0.2, 0) is 0 Å². The maximum atomic E-state index is 6.36. The number of hydrogen-bond acceptors (Lipinski definition) is 3. The summed E-state index contributed by atoms with van der Waals surface area (Å²) in [5.74, 6) is 0.959. The number of rotatable bonds is 2. The van der Waals surface area contributed by atoms with Crippen LogP contribution in [0.2, 0.25) is 5.15 Å². The second kappa shape index (κ2) is 5.41. The predicted octanol–water partition coefficient (Wildman–Crippen LogP) is 4.78. The highest BCUT2D eigenvalue weighted by Gasteiger charge is 2.15. The molecule has 21 heavy (non-hydrogen) atoms. The molecule has 0 aliphatic carbocycles. The Morgan fingerprint density at radius 3 is 2.52 bits per heavy atom. The van der Waals surface area contributed by atoms with Gasteiger partial charge in [0.1, 0.15) is 5.15 Å². The van der Waals surface area contributed by atoms with Gasteiger partial charge in [-0.3, -0.25) is 4.98 Å². The Labute approximate surface area is 129 Å². The van der Waals surface area contributed by atoms with Crippen LogP contribution in [0.4, 0.5) is 0 Å². The minimum atomic E-state index is 0.306. The zero-order chi connectivity index (χ0) is 15.0. The number of pyridine rings is 1. The van der Waals surface area contributed by atoms with Crippen LogP contribution in [0, 0.1) is 6.92 Å². The standard InChI is InChI=1S/C17H16ClN3/c1-10(2)15-11(3)20-17(21-16(15)18)13-8-9-19-14-7-5-4-6-12(13)14/h4-10H,1-3H3. The summed E-state index contributed by atoms with van der Waals surface area (Å²) in [4.78, 5) is 13.5. The van der Waals surface area contributed by atoms with Gasteiger partial charge in [0.05, 0.1) is 5.52 Å². The van der Waals surface area contributed by atoms with E-state index in [4.69, 9.17) is 11.6 Å². The Kier molecular flexibility index (Phi) is 3.60. The van der Waals surface area contributed by atoms with E-state index < -0.39 is 0 Å². The van der Waals surface area contributed by atoms with E-state index in [0.29, 0.717) is 16.9 Å². The molecule has 0 unspecified atom stereocenters. The second-order valence-electron chi connectivity index (χ2n) is 5.37. The first-order chi connectivity index (χ1) is 10.1.